The molecule has 0 atom stereocenters. The average Bonchev–Trinajstić information content (AvgIpc) is 2.72. The van der Waals surface area contributed by atoms with Crippen LogP contribution >= 0.6 is 12.4 Å². The van der Waals surface area contributed by atoms with Crippen LogP contribution in [0.25, 0.3) is 0 Å². The maximum Gasteiger partial charge on any atom is 0.238 e. The van der Waals surface area contributed by atoms with Crippen LogP contribution in [0.4, 0.5) is 5.69 Å². The molecule has 0 unspecified atom stereocenters. The molecule has 1 N–H and O–H groups in total. The van der Waals surface area contributed by atoms with Crippen molar-refractivity contribution in [1.29, 1.82) is 0 Å². The van der Waals surface area contributed by atoms with Gasteiger partial charge < -0.3 is 14.8 Å². The van der Waals surface area contributed by atoms with Crippen LogP contribution in [0.5, 0.6) is 11.5 Å². The van der Waals surface area contributed by atoms with Gasteiger partial charge in [0, 0.05) is 38.8 Å². The third-order valence-electron chi connectivity index (χ3n) is 4.92. The van der Waals surface area contributed by atoms with Gasteiger partial charge in [-0.25, -0.2) is 0 Å². The summed E-state index contributed by atoms with van der Waals surface area (Å²) in [5.74, 6) is 1.36. The number of hydrogen-bond donors (Lipinski definition) is 1. The van der Waals surface area contributed by atoms with Crippen molar-refractivity contribution in [2.24, 2.45) is 0 Å². The molecule has 2 aromatic rings. The third-order valence-corrected chi connectivity index (χ3v) is 4.92. The maximum atomic E-state index is 12.6. The lowest BCUT2D eigenvalue weighted by Gasteiger charge is -2.34. The number of carbonyl (C=O) groups excluding carboxylic acids is 1. The lowest BCUT2D eigenvalue weighted by atomic mass is 10.2. The van der Waals surface area contributed by atoms with E-state index in [2.05, 4.69) is 39.4 Å². The Morgan fingerprint density at radius 1 is 0.933 bits per heavy atom. The van der Waals surface area contributed by atoms with E-state index >= 15 is 0 Å². The molecular formula is C23H32ClN3O3. The second-order valence-electron chi connectivity index (χ2n) is 7.11. The van der Waals surface area contributed by atoms with E-state index in [1.807, 2.05) is 38.1 Å². The zero-order valence-corrected chi connectivity index (χ0v) is 18.6. The van der Waals surface area contributed by atoms with Gasteiger partial charge in [0.15, 0.2) is 0 Å². The first-order chi connectivity index (χ1) is 14.2. The van der Waals surface area contributed by atoms with Crippen molar-refractivity contribution < 1.29 is 14.3 Å². The second-order valence-corrected chi connectivity index (χ2v) is 7.11. The van der Waals surface area contributed by atoms with Gasteiger partial charge in [0.1, 0.15) is 11.5 Å². The summed E-state index contributed by atoms with van der Waals surface area (Å²) in [6.45, 7) is 10.0. The zero-order chi connectivity index (χ0) is 20.5. The Labute approximate surface area is 185 Å². The summed E-state index contributed by atoms with van der Waals surface area (Å²) in [6, 6.07) is 16.0. The highest BCUT2D eigenvalue weighted by molar-refractivity contribution is 5.94. The molecule has 0 aliphatic carbocycles. The smallest absolute Gasteiger partial charge is 0.238 e. The molecule has 6 nitrogen and oxygen atoms in total. The molecule has 0 saturated carbocycles. The number of carbonyl (C=O) groups is 1. The predicted molar refractivity (Wildman–Crippen MR) is 123 cm³/mol. The number of halogens is 1. The number of anilines is 1. The van der Waals surface area contributed by atoms with Crippen molar-refractivity contribution in [3.05, 3.63) is 54.1 Å². The van der Waals surface area contributed by atoms with E-state index in [1.54, 1.807) is 0 Å². The molecule has 30 heavy (non-hydrogen) atoms. The summed E-state index contributed by atoms with van der Waals surface area (Å²) in [5, 5.41) is 2.99. The summed E-state index contributed by atoms with van der Waals surface area (Å²) < 4.78 is 11.2. The molecule has 0 aromatic heterocycles. The fourth-order valence-corrected chi connectivity index (χ4v) is 3.48. The number of piperazine rings is 1. The third kappa shape index (κ3) is 7.20. The number of amides is 1. The molecule has 0 spiro atoms. The highest BCUT2D eigenvalue weighted by atomic mass is 35.5. The van der Waals surface area contributed by atoms with Crippen molar-refractivity contribution >= 4 is 24.0 Å². The van der Waals surface area contributed by atoms with E-state index in [1.165, 1.54) is 5.56 Å². The Bertz CT molecular complexity index is 781. The van der Waals surface area contributed by atoms with Gasteiger partial charge in [0.25, 0.3) is 0 Å². The van der Waals surface area contributed by atoms with Crippen LogP contribution in [0.2, 0.25) is 0 Å². The standard InChI is InChI=1S/C23H31N3O3.ClH/c1-3-28-20-10-11-22(29-4-2)21(16-20)24-23(27)18-26-14-12-25(13-15-26)17-19-8-6-5-7-9-19;/h5-11,16H,3-4,12-15,17-18H2,1-2H3,(H,24,27);1H. The fraction of sp³-hybridized carbons (Fsp3) is 0.435. The monoisotopic (exact) mass is 433 g/mol. The molecule has 0 radical (unpaired) electrons. The molecule has 1 aliphatic heterocycles. The molecule has 1 amide bonds. The van der Waals surface area contributed by atoms with Gasteiger partial charge in [-0.05, 0) is 31.5 Å². The molecule has 1 fully saturated rings. The summed E-state index contributed by atoms with van der Waals surface area (Å²) in [6.07, 6.45) is 0. The molecule has 1 aliphatic rings. The van der Waals surface area contributed by atoms with Crippen LogP contribution in [0.1, 0.15) is 19.4 Å². The van der Waals surface area contributed by atoms with E-state index in [-0.39, 0.29) is 18.3 Å². The molecule has 1 heterocycles. The van der Waals surface area contributed by atoms with E-state index in [9.17, 15) is 4.79 Å². The Balaban J connectivity index is 0.00000320. The van der Waals surface area contributed by atoms with Gasteiger partial charge in [-0.1, -0.05) is 30.3 Å². The number of hydrogen-bond acceptors (Lipinski definition) is 5. The van der Waals surface area contributed by atoms with Crippen LogP contribution in [0.15, 0.2) is 48.5 Å². The van der Waals surface area contributed by atoms with Crippen molar-refractivity contribution in [1.82, 2.24) is 9.80 Å². The number of rotatable bonds is 9. The van der Waals surface area contributed by atoms with E-state index in [0.29, 0.717) is 31.2 Å². The van der Waals surface area contributed by atoms with Gasteiger partial charge in [-0.3, -0.25) is 14.6 Å². The summed E-state index contributed by atoms with van der Waals surface area (Å²) in [5.41, 5.74) is 1.99. The van der Waals surface area contributed by atoms with Gasteiger partial charge in [-0.15, -0.1) is 12.4 Å². The zero-order valence-electron chi connectivity index (χ0n) is 17.8. The van der Waals surface area contributed by atoms with Crippen LogP contribution in [0.3, 0.4) is 0 Å². The topological polar surface area (TPSA) is 54.0 Å². The van der Waals surface area contributed by atoms with Gasteiger partial charge in [-0.2, -0.15) is 0 Å². The Kier molecular flexibility index (Phi) is 9.94. The van der Waals surface area contributed by atoms with Crippen LogP contribution < -0.4 is 14.8 Å². The van der Waals surface area contributed by atoms with Gasteiger partial charge in [0.2, 0.25) is 5.91 Å². The molecule has 7 heteroatoms. The van der Waals surface area contributed by atoms with Crippen molar-refractivity contribution in [3.8, 4) is 11.5 Å². The van der Waals surface area contributed by atoms with Crippen LogP contribution in [-0.2, 0) is 11.3 Å². The summed E-state index contributed by atoms with van der Waals surface area (Å²) in [4.78, 5) is 17.2. The maximum absolute atomic E-state index is 12.6. The SMILES string of the molecule is CCOc1ccc(OCC)c(NC(=O)CN2CCN(Cc3ccccc3)CC2)c1.Cl. The normalized spacial score (nSPS) is 14.6. The van der Waals surface area contributed by atoms with Crippen molar-refractivity contribution in [2.45, 2.75) is 20.4 Å². The van der Waals surface area contributed by atoms with E-state index < -0.39 is 0 Å². The minimum Gasteiger partial charge on any atom is -0.494 e. The lowest BCUT2D eigenvalue weighted by molar-refractivity contribution is -0.117. The first-order valence-corrected chi connectivity index (χ1v) is 10.4. The Morgan fingerprint density at radius 2 is 1.60 bits per heavy atom. The molecule has 164 valence electrons. The number of ether oxygens (including phenoxy) is 2. The van der Waals surface area contributed by atoms with E-state index in [0.717, 1.165) is 38.5 Å². The summed E-state index contributed by atoms with van der Waals surface area (Å²) in [7, 11) is 0. The quantitative estimate of drug-likeness (QED) is 0.654. The minimum absolute atomic E-state index is 0. The Morgan fingerprint density at radius 3 is 2.27 bits per heavy atom. The van der Waals surface area contributed by atoms with Crippen molar-refractivity contribution in [2.75, 3.05) is 51.3 Å². The molecule has 3 rings (SSSR count). The highest BCUT2D eigenvalue weighted by Crippen LogP contribution is 2.29. The average molecular weight is 434 g/mol. The molecular weight excluding hydrogens is 402 g/mol. The molecule has 0 bridgehead atoms. The minimum atomic E-state index is -0.0314. The summed E-state index contributed by atoms with van der Waals surface area (Å²) >= 11 is 0. The van der Waals surface area contributed by atoms with Crippen LogP contribution in [0, 0.1) is 0 Å². The number of nitrogens with one attached hydrogen (secondary N) is 1. The first kappa shape index (κ1) is 24.0. The second kappa shape index (κ2) is 12.4. The van der Waals surface area contributed by atoms with Gasteiger partial charge in [0.05, 0.1) is 25.4 Å². The molecule has 2 aromatic carbocycles. The van der Waals surface area contributed by atoms with Gasteiger partial charge >= 0.3 is 0 Å². The van der Waals surface area contributed by atoms with E-state index in [4.69, 9.17) is 9.47 Å². The number of benzene rings is 2. The largest absolute Gasteiger partial charge is 0.494 e. The van der Waals surface area contributed by atoms with Crippen molar-refractivity contribution in [3.63, 3.8) is 0 Å². The lowest BCUT2D eigenvalue weighted by Crippen LogP contribution is -2.48. The first-order valence-electron chi connectivity index (χ1n) is 10.4. The highest BCUT2D eigenvalue weighted by Gasteiger charge is 2.20. The predicted octanol–water partition coefficient (Wildman–Crippen LogP) is 3.66. The Hall–Kier alpha value is -2.28. The van der Waals surface area contributed by atoms with Crippen LogP contribution in [-0.4, -0.2) is 61.6 Å². The number of nitrogens with zero attached hydrogens (tertiary/aromatic N) is 2. The fourth-order valence-electron chi connectivity index (χ4n) is 3.48. The molecule has 1 saturated heterocycles.